The molecule has 0 bridgehead atoms. The van der Waals surface area contributed by atoms with E-state index >= 15 is 0 Å². The third-order valence-electron chi connectivity index (χ3n) is 3.35. The molecule has 1 heterocycles. The zero-order valence-electron chi connectivity index (χ0n) is 10.8. The highest BCUT2D eigenvalue weighted by atomic mass is 16.5. The number of carbonyl (C=O) groups is 2. The van der Waals surface area contributed by atoms with Gasteiger partial charge in [-0.15, -0.1) is 0 Å². The molecule has 1 amide bonds. The lowest BCUT2D eigenvalue weighted by Gasteiger charge is -2.21. The molecule has 102 valence electrons. The van der Waals surface area contributed by atoms with E-state index < -0.39 is 11.6 Å². The van der Waals surface area contributed by atoms with Crippen LogP contribution in [0.4, 0.5) is 0 Å². The molecule has 1 unspecified atom stereocenters. The van der Waals surface area contributed by atoms with Gasteiger partial charge >= 0.3 is 5.97 Å². The summed E-state index contributed by atoms with van der Waals surface area (Å²) in [5.74, 6) is -1.07. The van der Waals surface area contributed by atoms with Crippen molar-refractivity contribution in [3.63, 3.8) is 0 Å². The standard InChI is InChI=1S/C14H17NO4/c1-14(7-2-8-19-14)13(18)15-9-10-3-5-11(6-4-10)12(16)17/h3-6H,2,7-9H2,1H3,(H,15,18)(H,16,17). The average Bonchev–Trinajstić information content (AvgIpc) is 2.84. The van der Waals surface area contributed by atoms with Crippen LogP contribution in [0.2, 0.25) is 0 Å². The van der Waals surface area contributed by atoms with Gasteiger partial charge in [-0.2, -0.15) is 0 Å². The number of carboxylic acid groups (broad SMARTS) is 1. The summed E-state index contributed by atoms with van der Waals surface area (Å²) in [5, 5.41) is 11.6. The van der Waals surface area contributed by atoms with Crippen molar-refractivity contribution >= 4 is 11.9 Å². The Hall–Kier alpha value is -1.88. The molecule has 0 spiro atoms. The average molecular weight is 263 g/mol. The Labute approximate surface area is 111 Å². The molecule has 5 heteroatoms. The Morgan fingerprint density at radius 1 is 1.37 bits per heavy atom. The number of nitrogens with one attached hydrogen (secondary N) is 1. The third kappa shape index (κ3) is 3.12. The van der Waals surface area contributed by atoms with E-state index in [1.54, 1.807) is 19.1 Å². The lowest BCUT2D eigenvalue weighted by molar-refractivity contribution is -0.139. The van der Waals surface area contributed by atoms with Gasteiger partial charge in [-0.25, -0.2) is 4.79 Å². The smallest absolute Gasteiger partial charge is 0.335 e. The molecule has 0 saturated carbocycles. The summed E-state index contributed by atoms with van der Waals surface area (Å²) in [6.07, 6.45) is 1.63. The highest BCUT2D eigenvalue weighted by Gasteiger charge is 2.37. The van der Waals surface area contributed by atoms with Gasteiger partial charge in [-0.3, -0.25) is 4.79 Å². The molecule has 2 rings (SSSR count). The molecule has 1 fully saturated rings. The number of amides is 1. The van der Waals surface area contributed by atoms with Gasteiger partial charge in [-0.05, 0) is 37.5 Å². The molecule has 1 aliphatic rings. The van der Waals surface area contributed by atoms with Crippen LogP contribution in [0.3, 0.4) is 0 Å². The van der Waals surface area contributed by atoms with Gasteiger partial charge in [0.1, 0.15) is 5.60 Å². The number of ether oxygens (including phenoxy) is 1. The van der Waals surface area contributed by atoms with Crippen LogP contribution < -0.4 is 5.32 Å². The van der Waals surface area contributed by atoms with Crippen molar-refractivity contribution in [1.29, 1.82) is 0 Å². The molecule has 2 N–H and O–H groups in total. The van der Waals surface area contributed by atoms with E-state index in [-0.39, 0.29) is 11.5 Å². The molecule has 0 aromatic heterocycles. The lowest BCUT2D eigenvalue weighted by atomic mass is 10.0. The van der Waals surface area contributed by atoms with Gasteiger partial charge in [0, 0.05) is 13.2 Å². The summed E-state index contributed by atoms with van der Waals surface area (Å²) in [6.45, 7) is 2.79. The Bertz CT molecular complexity index is 475. The van der Waals surface area contributed by atoms with E-state index in [1.807, 2.05) is 0 Å². The van der Waals surface area contributed by atoms with Gasteiger partial charge in [-0.1, -0.05) is 12.1 Å². The molecule has 1 atom stereocenters. The van der Waals surface area contributed by atoms with E-state index in [2.05, 4.69) is 5.32 Å². The van der Waals surface area contributed by atoms with Crippen molar-refractivity contribution in [2.75, 3.05) is 6.61 Å². The fourth-order valence-electron chi connectivity index (χ4n) is 2.09. The molecule has 1 saturated heterocycles. The minimum atomic E-state index is -0.956. The Morgan fingerprint density at radius 3 is 2.58 bits per heavy atom. The van der Waals surface area contributed by atoms with Crippen molar-refractivity contribution in [3.05, 3.63) is 35.4 Å². The van der Waals surface area contributed by atoms with E-state index in [0.29, 0.717) is 13.2 Å². The first kappa shape index (κ1) is 13.5. The predicted octanol–water partition coefficient (Wildman–Crippen LogP) is 1.57. The maximum absolute atomic E-state index is 12.0. The molecule has 1 aromatic carbocycles. The molecule has 1 aliphatic heterocycles. The van der Waals surface area contributed by atoms with Crippen LogP contribution in [0.25, 0.3) is 0 Å². The highest BCUT2D eigenvalue weighted by Crippen LogP contribution is 2.25. The van der Waals surface area contributed by atoms with Crippen molar-refractivity contribution in [2.45, 2.75) is 31.9 Å². The van der Waals surface area contributed by atoms with Gasteiger partial charge in [0.2, 0.25) is 0 Å². The number of hydrogen-bond acceptors (Lipinski definition) is 3. The number of carbonyl (C=O) groups excluding carboxylic acids is 1. The van der Waals surface area contributed by atoms with Crippen LogP contribution in [-0.4, -0.2) is 29.2 Å². The quantitative estimate of drug-likeness (QED) is 0.864. The number of hydrogen-bond donors (Lipinski definition) is 2. The molecule has 19 heavy (non-hydrogen) atoms. The molecular formula is C14H17NO4. The first-order valence-corrected chi connectivity index (χ1v) is 6.26. The van der Waals surface area contributed by atoms with Crippen molar-refractivity contribution in [2.24, 2.45) is 0 Å². The zero-order valence-corrected chi connectivity index (χ0v) is 10.8. The van der Waals surface area contributed by atoms with Crippen LogP contribution in [0.5, 0.6) is 0 Å². The predicted molar refractivity (Wildman–Crippen MR) is 68.8 cm³/mol. The Kier molecular flexibility index (Phi) is 3.85. The second kappa shape index (κ2) is 5.40. The van der Waals surface area contributed by atoms with Crippen LogP contribution in [0, 0.1) is 0 Å². The van der Waals surface area contributed by atoms with Gasteiger partial charge in [0.25, 0.3) is 5.91 Å². The van der Waals surface area contributed by atoms with Crippen LogP contribution >= 0.6 is 0 Å². The number of benzene rings is 1. The Morgan fingerprint density at radius 2 is 2.05 bits per heavy atom. The summed E-state index contributed by atoms with van der Waals surface area (Å²) < 4.78 is 5.45. The zero-order chi connectivity index (χ0) is 13.9. The summed E-state index contributed by atoms with van der Waals surface area (Å²) in [5.41, 5.74) is 0.377. The van der Waals surface area contributed by atoms with E-state index in [4.69, 9.17) is 9.84 Å². The summed E-state index contributed by atoms with van der Waals surface area (Å²) in [4.78, 5) is 22.7. The normalized spacial score (nSPS) is 22.2. The number of carboxylic acids is 1. The summed E-state index contributed by atoms with van der Waals surface area (Å²) in [7, 11) is 0. The molecule has 0 aliphatic carbocycles. The highest BCUT2D eigenvalue weighted by molar-refractivity contribution is 5.87. The largest absolute Gasteiger partial charge is 0.478 e. The van der Waals surface area contributed by atoms with Crippen LogP contribution in [-0.2, 0) is 16.1 Å². The maximum atomic E-state index is 12.0. The second-order valence-electron chi connectivity index (χ2n) is 4.87. The molecular weight excluding hydrogens is 246 g/mol. The topological polar surface area (TPSA) is 75.6 Å². The van der Waals surface area contributed by atoms with E-state index in [0.717, 1.165) is 18.4 Å². The van der Waals surface area contributed by atoms with Crippen molar-refractivity contribution in [1.82, 2.24) is 5.32 Å². The van der Waals surface area contributed by atoms with Crippen molar-refractivity contribution in [3.8, 4) is 0 Å². The van der Waals surface area contributed by atoms with Crippen LogP contribution in [0.15, 0.2) is 24.3 Å². The summed E-state index contributed by atoms with van der Waals surface area (Å²) in [6, 6.07) is 6.44. The van der Waals surface area contributed by atoms with E-state index in [1.165, 1.54) is 12.1 Å². The van der Waals surface area contributed by atoms with Crippen molar-refractivity contribution < 1.29 is 19.4 Å². The minimum absolute atomic E-state index is 0.118. The summed E-state index contributed by atoms with van der Waals surface area (Å²) >= 11 is 0. The van der Waals surface area contributed by atoms with Crippen LogP contribution in [0.1, 0.15) is 35.7 Å². The molecule has 5 nitrogen and oxygen atoms in total. The monoisotopic (exact) mass is 263 g/mol. The van der Waals surface area contributed by atoms with Gasteiger partial charge in [0.15, 0.2) is 0 Å². The van der Waals surface area contributed by atoms with E-state index in [9.17, 15) is 9.59 Å². The Balaban J connectivity index is 1.91. The SMILES string of the molecule is CC1(C(=O)NCc2ccc(C(=O)O)cc2)CCCO1. The number of rotatable bonds is 4. The van der Waals surface area contributed by atoms with Gasteiger partial charge < -0.3 is 15.2 Å². The fraction of sp³-hybridized carbons (Fsp3) is 0.429. The first-order valence-electron chi connectivity index (χ1n) is 6.26. The second-order valence-corrected chi connectivity index (χ2v) is 4.87. The first-order chi connectivity index (χ1) is 9.01. The third-order valence-corrected chi connectivity index (χ3v) is 3.35. The van der Waals surface area contributed by atoms with Gasteiger partial charge in [0.05, 0.1) is 5.56 Å². The fourth-order valence-corrected chi connectivity index (χ4v) is 2.09. The minimum Gasteiger partial charge on any atom is -0.478 e. The molecule has 0 radical (unpaired) electrons. The molecule has 1 aromatic rings. The maximum Gasteiger partial charge on any atom is 0.335 e. The number of aromatic carboxylic acids is 1. The lowest BCUT2D eigenvalue weighted by Crippen LogP contribution is -2.43.